The van der Waals surface area contributed by atoms with Crippen molar-refractivity contribution >= 4 is 21.7 Å². The molecule has 0 radical (unpaired) electrons. The lowest BCUT2D eigenvalue weighted by Crippen LogP contribution is -1.97. The third kappa shape index (κ3) is 3.35. The van der Waals surface area contributed by atoms with E-state index >= 15 is 0 Å². The predicted octanol–water partition coefficient (Wildman–Crippen LogP) is 6.82. The van der Waals surface area contributed by atoms with Gasteiger partial charge >= 0.3 is 0 Å². The van der Waals surface area contributed by atoms with Crippen molar-refractivity contribution in [3.63, 3.8) is 0 Å². The van der Waals surface area contributed by atoms with Gasteiger partial charge in [-0.05, 0) is 60.2 Å². The number of aryl methyl sites for hydroxylation is 2. The molecule has 0 aliphatic rings. The molecule has 1 heteroatoms. The van der Waals surface area contributed by atoms with Gasteiger partial charge in [0, 0.05) is 17.0 Å². The van der Waals surface area contributed by atoms with Gasteiger partial charge in [-0.1, -0.05) is 67.6 Å². The van der Waals surface area contributed by atoms with E-state index in [9.17, 15) is 0 Å². The number of nitrogens with zero attached hydrogens (tertiary/aromatic N) is 1. The van der Waals surface area contributed by atoms with Crippen molar-refractivity contribution in [2.45, 2.75) is 39.0 Å². The van der Waals surface area contributed by atoms with Crippen LogP contribution < -0.4 is 0 Å². The van der Waals surface area contributed by atoms with Gasteiger partial charge in [-0.3, -0.25) is 4.98 Å². The van der Waals surface area contributed by atoms with Crippen LogP contribution in [0.3, 0.4) is 0 Å². The Kier molecular flexibility index (Phi) is 4.71. The molecule has 1 unspecified atom stereocenters. The summed E-state index contributed by atoms with van der Waals surface area (Å²) in [7, 11) is 0. The van der Waals surface area contributed by atoms with E-state index in [2.05, 4.69) is 80.6 Å². The second kappa shape index (κ2) is 7.29. The zero-order chi connectivity index (χ0) is 17.9. The first-order chi connectivity index (χ1) is 12.7. The molecule has 1 aromatic heterocycles. The highest BCUT2D eigenvalue weighted by molar-refractivity contribution is 6.07. The molecule has 1 nitrogen and oxygen atoms in total. The standard InChI is InChI=1S/C25H25N/c1-18(9-8-12-20-10-4-3-5-11-20)22-15-19(2)25-23-14-7-6-13-21(23)17-26-24(25)16-22/h3-7,10-11,13-18H,8-9,12H2,1-2H3. The van der Waals surface area contributed by atoms with Gasteiger partial charge in [0.2, 0.25) is 0 Å². The van der Waals surface area contributed by atoms with Crippen LogP contribution in [-0.4, -0.2) is 4.98 Å². The van der Waals surface area contributed by atoms with E-state index in [1.54, 1.807) is 0 Å². The lowest BCUT2D eigenvalue weighted by molar-refractivity contribution is 0.634. The third-order valence-corrected chi connectivity index (χ3v) is 5.42. The fraction of sp³-hybridized carbons (Fsp3) is 0.240. The zero-order valence-electron chi connectivity index (χ0n) is 15.6. The van der Waals surface area contributed by atoms with Gasteiger partial charge in [0.15, 0.2) is 0 Å². The maximum atomic E-state index is 4.74. The normalized spacial score (nSPS) is 12.5. The molecular formula is C25H25N. The number of hydrogen-bond acceptors (Lipinski definition) is 1. The number of pyridine rings is 1. The van der Waals surface area contributed by atoms with Crippen LogP contribution in [-0.2, 0) is 6.42 Å². The second-order valence-corrected chi connectivity index (χ2v) is 7.36. The SMILES string of the molecule is Cc1cc(C(C)CCCc2ccccc2)cc2ncc3ccccc3c12. The van der Waals surface area contributed by atoms with Crippen LogP contribution in [0.2, 0.25) is 0 Å². The molecule has 0 saturated carbocycles. The lowest BCUT2D eigenvalue weighted by atomic mass is 9.91. The monoisotopic (exact) mass is 339 g/mol. The molecular weight excluding hydrogens is 314 g/mol. The first-order valence-corrected chi connectivity index (χ1v) is 9.54. The van der Waals surface area contributed by atoms with E-state index in [0.29, 0.717) is 5.92 Å². The molecule has 0 saturated heterocycles. The molecule has 0 bridgehead atoms. The minimum atomic E-state index is 0.551. The summed E-state index contributed by atoms with van der Waals surface area (Å²) in [5.74, 6) is 0.551. The molecule has 0 amide bonds. The van der Waals surface area contributed by atoms with Gasteiger partial charge in [-0.15, -0.1) is 0 Å². The molecule has 130 valence electrons. The smallest absolute Gasteiger partial charge is 0.0713 e. The number of rotatable bonds is 5. The summed E-state index contributed by atoms with van der Waals surface area (Å²) in [5.41, 5.74) is 5.29. The Hall–Kier alpha value is -2.67. The van der Waals surface area contributed by atoms with Gasteiger partial charge in [-0.25, -0.2) is 0 Å². The summed E-state index contributed by atoms with van der Waals surface area (Å²) in [4.78, 5) is 4.74. The highest BCUT2D eigenvalue weighted by Crippen LogP contribution is 2.31. The van der Waals surface area contributed by atoms with Crippen molar-refractivity contribution in [2.24, 2.45) is 0 Å². The molecule has 0 aliphatic heterocycles. The van der Waals surface area contributed by atoms with Crippen molar-refractivity contribution in [1.82, 2.24) is 4.98 Å². The highest BCUT2D eigenvalue weighted by atomic mass is 14.6. The average Bonchev–Trinajstić information content (AvgIpc) is 2.68. The van der Waals surface area contributed by atoms with E-state index in [1.165, 1.54) is 45.7 Å². The van der Waals surface area contributed by atoms with Crippen molar-refractivity contribution in [3.8, 4) is 0 Å². The van der Waals surface area contributed by atoms with Crippen molar-refractivity contribution in [2.75, 3.05) is 0 Å². The molecule has 0 aliphatic carbocycles. The van der Waals surface area contributed by atoms with Crippen LogP contribution in [0.5, 0.6) is 0 Å². The van der Waals surface area contributed by atoms with Gasteiger partial charge in [0.1, 0.15) is 0 Å². The Bertz CT molecular complexity index is 1030. The maximum Gasteiger partial charge on any atom is 0.0713 e. The topological polar surface area (TPSA) is 12.9 Å². The number of fused-ring (bicyclic) bond motifs is 3. The molecule has 26 heavy (non-hydrogen) atoms. The van der Waals surface area contributed by atoms with Crippen LogP contribution in [0.15, 0.2) is 72.9 Å². The quantitative estimate of drug-likeness (QED) is 0.363. The summed E-state index contributed by atoms with van der Waals surface area (Å²) < 4.78 is 0. The van der Waals surface area contributed by atoms with E-state index in [4.69, 9.17) is 4.98 Å². The highest BCUT2D eigenvalue weighted by Gasteiger charge is 2.11. The van der Waals surface area contributed by atoms with Gasteiger partial charge in [-0.2, -0.15) is 0 Å². The van der Waals surface area contributed by atoms with Crippen LogP contribution >= 0.6 is 0 Å². The first-order valence-electron chi connectivity index (χ1n) is 9.54. The molecule has 4 rings (SSSR count). The molecule has 0 fully saturated rings. The molecule has 3 aromatic carbocycles. The largest absolute Gasteiger partial charge is 0.256 e. The van der Waals surface area contributed by atoms with Crippen LogP contribution in [0.4, 0.5) is 0 Å². The minimum absolute atomic E-state index is 0.551. The van der Waals surface area contributed by atoms with Crippen LogP contribution in [0.25, 0.3) is 21.7 Å². The van der Waals surface area contributed by atoms with E-state index in [0.717, 1.165) is 11.9 Å². The Labute approximate surface area is 155 Å². The van der Waals surface area contributed by atoms with E-state index in [1.807, 2.05) is 6.20 Å². The lowest BCUT2D eigenvalue weighted by Gasteiger charge is -2.15. The first kappa shape index (κ1) is 16.8. The maximum absolute atomic E-state index is 4.74. The summed E-state index contributed by atoms with van der Waals surface area (Å²) in [6.45, 7) is 4.56. The molecule has 4 aromatic rings. The number of benzene rings is 3. The Morgan fingerprint density at radius 1 is 0.923 bits per heavy atom. The van der Waals surface area contributed by atoms with E-state index in [-0.39, 0.29) is 0 Å². The molecule has 1 atom stereocenters. The van der Waals surface area contributed by atoms with Gasteiger partial charge in [0.25, 0.3) is 0 Å². The number of hydrogen-bond donors (Lipinski definition) is 0. The van der Waals surface area contributed by atoms with E-state index < -0.39 is 0 Å². The summed E-state index contributed by atoms with van der Waals surface area (Å²) in [5, 5.41) is 3.81. The zero-order valence-corrected chi connectivity index (χ0v) is 15.6. The molecule has 0 spiro atoms. The third-order valence-electron chi connectivity index (χ3n) is 5.42. The van der Waals surface area contributed by atoms with Gasteiger partial charge < -0.3 is 0 Å². The minimum Gasteiger partial charge on any atom is -0.256 e. The van der Waals surface area contributed by atoms with Crippen molar-refractivity contribution in [1.29, 1.82) is 0 Å². The fourth-order valence-electron chi connectivity index (χ4n) is 3.93. The predicted molar refractivity (Wildman–Crippen MR) is 112 cm³/mol. The summed E-state index contributed by atoms with van der Waals surface area (Å²) in [6, 6.07) is 24.0. The number of aromatic nitrogens is 1. The Morgan fingerprint density at radius 3 is 2.54 bits per heavy atom. The van der Waals surface area contributed by atoms with Crippen LogP contribution in [0.1, 0.15) is 42.4 Å². The Morgan fingerprint density at radius 2 is 1.69 bits per heavy atom. The van der Waals surface area contributed by atoms with Gasteiger partial charge in [0.05, 0.1) is 5.52 Å². The Balaban J connectivity index is 1.57. The van der Waals surface area contributed by atoms with Crippen molar-refractivity contribution in [3.05, 3.63) is 89.6 Å². The molecule has 0 N–H and O–H groups in total. The molecule has 1 heterocycles. The summed E-state index contributed by atoms with van der Waals surface area (Å²) >= 11 is 0. The average molecular weight is 339 g/mol. The van der Waals surface area contributed by atoms with Crippen molar-refractivity contribution < 1.29 is 0 Å². The fourth-order valence-corrected chi connectivity index (χ4v) is 3.93. The second-order valence-electron chi connectivity index (χ2n) is 7.36. The van der Waals surface area contributed by atoms with Crippen LogP contribution in [0, 0.1) is 6.92 Å². The summed E-state index contributed by atoms with van der Waals surface area (Å²) in [6.07, 6.45) is 5.57.